The average Bonchev–Trinajstić information content (AvgIpc) is 3.09. The number of oxime groups is 1. The van der Waals surface area contributed by atoms with Gasteiger partial charge in [0.1, 0.15) is 6.10 Å². The van der Waals surface area contributed by atoms with Gasteiger partial charge in [-0.15, -0.1) is 0 Å². The van der Waals surface area contributed by atoms with Crippen LogP contribution < -0.4 is 0 Å². The van der Waals surface area contributed by atoms with Gasteiger partial charge in [0.2, 0.25) is 0 Å². The minimum atomic E-state index is -0.403. The number of rotatable bonds is 3. The number of hydrogen-bond donors (Lipinski definition) is 0. The van der Waals surface area contributed by atoms with Gasteiger partial charge in [0.05, 0.1) is 10.6 Å². The van der Waals surface area contributed by atoms with Crippen molar-refractivity contribution in [2.24, 2.45) is 11.1 Å². The van der Waals surface area contributed by atoms with E-state index in [-0.39, 0.29) is 17.7 Å². The highest BCUT2D eigenvalue weighted by atomic mass is 16.6. The topological polar surface area (TPSA) is 64.7 Å². The molecule has 0 fully saturated rings. The lowest BCUT2D eigenvalue weighted by atomic mass is 9.97. The van der Waals surface area contributed by atoms with Crippen LogP contribution in [0.2, 0.25) is 0 Å². The fourth-order valence-corrected chi connectivity index (χ4v) is 2.27. The lowest BCUT2D eigenvalue weighted by Gasteiger charge is -2.11. The molecule has 0 saturated carbocycles. The van der Waals surface area contributed by atoms with E-state index < -0.39 is 4.92 Å². The number of nitro benzene ring substituents is 1. The van der Waals surface area contributed by atoms with Gasteiger partial charge in [-0.1, -0.05) is 41.6 Å². The Balaban J connectivity index is 1.77. The summed E-state index contributed by atoms with van der Waals surface area (Å²) in [6.07, 6.45) is 8.76. The monoisotopic (exact) mass is 256 g/mol. The number of hydrogen-bond acceptors (Lipinski definition) is 4. The number of allylic oxidation sites excluding steroid dienone is 2. The van der Waals surface area contributed by atoms with Crippen molar-refractivity contribution in [3.63, 3.8) is 0 Å². The zero-order chi connectivity index (χ0) is 13.2. The van der Waals surface area contributed by atoms with E-state index in [2.05, 4.69) is 17.3 Å². The molecule has 1 unspecified atom stereocenters. The molecule has 3 rings (SSSR count). The van der Waals surface area contributed by atoms with E-state index >= 15 is 0 Å². The number of nitrogens with zero attached hydrogens (tertiary/aromatic N) is 2. The highest BCUT2D eigenvalue weighted by molar-refractivity contribution is 6.01. The minimum Gasteiger partial charge on any atom is -0.391 e. The van der Waals surface area contributed by atoms with E-state index in [1.54, 1.807) is 6.07 Å². The van der Waals surface area contributed by atoms with Crippen LogP contribution in [-0.2, 0) is 4.84 Å². The Morgan fingerprint density at radius 3 is 2.84 bits per heavy atom. The Hall–Kier alpha value is -2.43. The summed E-state index contributed by atoms with van der Waals surface area (Å²) < 4.78 is 0. The second-order valence-electron chi connectivity index (χ2n) is 4.54. The molecule has 0 saturated heterocycles. The van der Waals surface area contributed by atoms with Crippen LogP contribution in [0.5, 0.6) is 0 Å². The fraction of sp³-hybridized carbons (Fsp3) is 0.214. The molecule has 0 spiro atoms. The molecule has 0 bridgehead atoms. The predicted octanol–water partition coefficient (Wildman–Crippen LogP) is 2.83. The summed E-state index contributed by atoms with van der Waals surface area (Å²) in [5, 5.41) is 14.8. The standard InChI is InChI=1S/C14H12N2O3/c17-16(18)12-7-3-6-11(8-12)13-9-14(19-15-13)10-4-1-2-5-10/h1-8,10,14H,9H2. The number of non-ortho nitro benzene ring substituents is 1. The molecule has 0 amide bonds. The first kappa shape index (κ1) is 11.6. The van der Waals surface area contributed by atoms with E-state index in [4.69, 9.17) is 4.84 Å². The van der Waals surface area contributed by atoms with Crippen LogP contribution >= 0.6 is 0 Å². The average molecular weight is 256 g/mol. The Kier molecular flexibility index (Phi) is 2.87. The largest absolute Gasteiger partial charge is 0.391 e. The smallest absolute Gasteiger partial charge is 0.270 e. The van der Waals surface area contributed by atoms with Crippen molar-refractivity contribution in [2.75, 3.05) is 0 Å². The van der Waals surface area contributed by atoms with E-state index in [0.29, 0.717) is 6.42 Å². The van der Waals surface area contributed by atoms with E-state index in [9.17, 15) is 10.1 Å². The minimum absolute atomic E-state index is 0.00994. The summed E-state index contributed by atoms with van der Waals surface area (Å²) >= 11 is 0. The number of nitro groups is 1. The Labute approximate surface area is 110 Å². The van der Waals surface area contributed by atoms with Crippen LogP contribution in [0.1, 0.15) is 12.0 Å². The van der Waals surface area contributed by atoms with Crippen molar-refractivity contribution in [2.45, 2.75) is 12.5 Å². The van der Waals surface area contributed by atoms with Gasteiger partial charge in [-0.25, -0.2) is 0 Å². The quantitative estimate of drug-likeness (QED) is 0.617. The van der Waals surface area contributed by atoms with Gasteiger partial charge >= 0.3 is 0 Å². The third-order valence-electron chi connectivity index (χ3n) is 3.29. The van der Waals surface area contributed by atoms with Crippen molar-refractivity contribution in [1.82, 2.24) is 0 Å². The molecule has 0 radical (unpaired) electrons. The zero-order valence-corrected chi connectivity index (χ0v) is 10.1. The summed E-state index contributed by atoms with van der Waals surface area (Å²) in [6.45, 7) is 0. The van der Waals surface area contributed by atoms with Gasteiger partial charge in [0, 0.05) is 30.0 Å². The van der Waals surface area contributed by atoms with E-state index in [0.717, 1.165) is 11.3 Å². The van der Waals surface area contributed by atoms with Gasteiger partial charge in [0.15, 0.2) is 0 Å². The second kappa shape index (κ2) is 4.68. The first-order valence-electron chi connectivity index (χ1n) is 6.06. The van der Waals surface area contributed by atoms with Gasteiger partial charge in [-0.05, 0) is 0 Å². The molecule has 0 N–H and O–H groups in total. The summed E-state index contributed by atoms with van der Waals surface area (Å²) in [5.74, 6) is 0.236. The molecule has 1 aromatic rings. The lowest BCUT2D eigenvalue weighted by Crippen LogP contribution is -2.16. The first-order valence-corrected chi connectivity index (χ1v) is 6.06. The molecular weight excluding hydrogens is 244 g/mol. The molecule has 5 heteroatoms. The van der Waals surface area contributed by atoms with Crippen molar-refractivity contribution < 1.29 is 9.76 Å². The molecule has 2 aliphatic rings. The van der Waals surface area contributed by atoms with Crippen LogP contribution in [0.4, 0.5) is 5.69 Å². The molecule has 1 aliphatic heterocycles. The highest BCUT2D eigenvalue weighted by Crippen LogP contribution is 2.27. The van der Waals surface area contributed by atoms with Crippen molar-refractivity contribution in [3.8, 4) is 0 Å². The first-order chi connectivity index (χ1) is 9.24. The third-order valence-corrected chi connectivity index (χ3v) is 3.29. The maximum atomic E-state index is 10.8. The molecule has 1 aliphatic carbocycles. The van der Waals surface area contributed by atoms with Gasteiger partial charge in [0.25, 0.3) is 5.69 Å². The molecular formula is C14H12N2O3. The van der Waals surface area contributed by atoms with Crippen LogP contribution in [-0.4, -0.2) is 16.7 Å². The summed E-state index contributed by atoms with van der Waals surface area (Å²) in [7, 11) is 0. The molecule has 1 atom stereocenters. The predicted molar refractivity (Wildman–Crippen MR) is 70.9 cm³/mol. The second-order valence-corrected chi connectivity index (χ2v) is 4.54. The summed E-state index contributed by atoms with van der Waals surface area (Å²) in [5.41, 5.74) is 1.59. The lowest BCUT2D eigenvalue weighted by molar-refractivity contribution is -0.384. The van der Waals surface area contributed by atoms with Crippen LogP contribution in [0.3, 0.4) is 0 Å². The molecule has 0 aromatic heterocycles. The van der Waals surface area contributed by atoms with Crippen molar-refractivity contribution in [3.05, 3.63) is 64.2 Å². The summed E-state index contributed by atoms with van der Waals surface area (Å²) in [6, 6.07) is 6.49. The molecule has 1 heterocycles. The Bertz CT molecular complexity index is 592. The SMILES string of the molecule is O=[N+]([O-])c1cccc(C2=NOC(C3C=CC=C3)C2)c1. The van der Waals surface area contributed by atoms with Crippen LogP contribution in [0.25, 0.3) is 0 Å². The maximum absolute atomic E-state index is 10.8. The van der Waals surface area contributed by atoms with Gasteiger partial charge in [-0.2, -0.15) is 0 Å². The van der Waals surface area contributed by atoms with Crippen molar-refractivity contribution >= 4 is 11.4 Å². The maximum Gasteiger partial charge on any atom is 0.270 e. The van der Waals surface area contributed by atoms with Crippen LogP contribution in [0, 0.1) is 16.0 Å². The van der Waals surface area contributed by atoms with Gasteiger partial charge < -0.3 is 4.84 Å². The van der Waals surface area contributed by atoms with Crippen LogP contribution in [0.15, 0.2) is 53.7 Å². The molecule has 1 aromatic carbocycles. The third kappa shape index (κ3) is 2.27. The number of benzene rings is 1. The van der Waals surface area contributed by atoms with Gasteiger partial charge in [-0.3, -0.25) is 10.1 Å². The Morgan fingerprint density at radius 1 is 1.32 bits per heavy atom. The molecule has 19 heavy (non-hydrogen) atoms. The van der Waals surface area contributed by atoms with E-state index in [1.807, 2.05) is 18.2 Å². The highest BCUT2D eigenvalue weighted by Gasteiger charge is 2.28. The summed E-state index contributed by atoms with van der Waals surface area (Å²) in [4.78, 5) is 15.8. The normalized spacial score (nSPS) is 21.5. The zero-order valence-electron chi connectivity index (χ0n) is 10.1. The van der Waals surface area contributed by atoms with E-state index in [1.165, 1.54) is 12.1 Å². The van der Waals surface area contributed by atoms with Crippen molar-refractivity contribution in [1.29, 1.82) is 0 Å². The molecule has 96 valence electrons. The fourth-order valence-electron chi connectivity index (χ4n) is 2.27. The Morgan fingerprint density at radius 2 is 2.11 bits per heavy atom. The molecule has 5 nitrogen and oxygen atoms in total.